The second-order valence-corrected chi connectivity index (χ2v) is 5.87. The molecule has 0 fully saturated rings. The van der Waals surface area contributed by atoms with Gasteiger partial charge in [-0.25, -0.2) is 15.0 Å². The molecule has 0 bridgehead atoms. The Bertz CT molecular complexity index is 806. The van der Waals surface area contributed by atoms with Crippen molar-refractivity contribution in [3.8, 4) is 11.3 Å². The zero-order valence-corrected chi connectivity index (χ0v) is 13.1. The van der Waals surface area contributed by atoms with E-state index in [0.29, 0.717) is 23.8 Å². The molecule has 0 saturated heterocycles. The minimum atomic E-state index is -4.47. The number of benzene rings is 1. The lowest BCUT2D eigenvalue weighted by Gasteiger charge is -2.06. The van der Waals surface area contributed by atoms with Gasteiger partial charge in [0.05, 0.1) is 6.20 Å². The van der Waals surface area contributed by atoms with Crippen LogP contribution in [0.1, 0.15) is 11.6 Å². The maximum Gasteiger partial charge on any atom is 0.433 e. The number of halogens is 3. The van der Waals surface area contributed by atoms with Gasteiger partial charge in [-0.3, -0.25) is 0 Å². The Kier molecular flexibility index (Phi) is 4.84. The van der Waals surface area contributed by atoms with Crippen LogP contribution in [0.25, 0.3) is 11.3 Å². The normalized spacial score (nSPS) is 11.6. The zero-order valence-electron chi connectivity index (χ0n) is 12.3. The molecule has 0 amide bonds. The van der Waals surface area contributed by atoms with Crippen molar-refractivity contribution in [1.29, 1.82) is 0 Å². The fourth-order valence-corrected chi connectivity index (χ4v) is 2.72. The first-order valence-electron chi connectivity index (χ1n) is 7.05. The highest BCUT2D eigenvalue weighted by Gasteiger charge is 2.32. The fraction of sp³-hybridized carbons (Fsp3) is 0.188. The van der Waals surface area contributed by atoms with Gasteiger partial charge in [0.1, 0.15) is 5.69 Å². The highest BCUT2D eigenvalue weighted by Crippen LogP contribution is 2.28. The number of aryl methyl sites for hydroxylation is 1. The Balaban J connectivity index is 1.59. The van der Waals surface area contributed by atoms with Gasteiger partial charge in [0.25, 0.3) is 0 Å². The summed E-state index contributed by atoms with van der Waals surface area (Å²) in [5.74, 6) is 1.65. The number of oxazole rings is 1. The quantitative estimate of drug-likeness (QED) is 0.501. The molecule has 0 aliphatic carbocycles. The summed E-state index contributed by atoms with van der Waals surface area (Å²) in [4.78, 5) is 11.5. The van der Waals surface area contributed by atoms with Gasteiger partial charge in [-0.2, -0.15) is 13.2 Å². The molecule has 0 radical (unpaired) electrons. The minimum Gasteiger partial charge on any atom is -0.441 e. The Labute approximate surface area is 140 Å². The van der Waals surface area contributed by atoms with E-state index in [-0.39, 0.29) is 5.16 Å². The van der Waals surface area contributed by atoms with Crippen LogP contribution in [0.5, 0.6) is 0 Å². The summed E-state index contributed by atoms with van der Waals surface area (Å²) in [6, 6.07) is 10.4. The van der Waals surface area contributed by atoms with Gasteiger partial charge in [0, 0.05) is 23.9 Å². The zero-order chi connectivity index (χ0) is 17.0. The third-order valence-electron chi connectivity index (χ3n) is 3.08. The molecule has 1 aromatic carbocycles. The van der Waals surface area contributed by atoms with Gasteiger partial charge in [0.15, 0.2) is 16.8 Å². The van der Waals surface area contributed by atoms with Crippen LogP contribution in [0.15, 0.2) is 58.4 Å². The van der Waals surface area contributed by atoms with Gasteiger partial charge < -0.3 is 4.42 Å². The average molecular weight is 351 g/mol. The summed E-state index contributed by atoms with van der Waals surface area (Å²) < 4.78 is 43.4. The van der Waals surface area contributed by atoms with Crippen LogP contribution < -0.4 is 0 Å². The van der Waals surface area contributed by atoms with Crippen LogP contribution in [0, 0.1) is 0 Å². The van der Waals surface area contributed by atoms with Crippen molar-refractivity contribution >= 4 is 11.8 Å². The van der Waals surface area contributed by atoms with Crippen LogP contribution in [0.3, 0.4) is 0 Å². The van der Waals surface area contributed by atoms with Crippen LogP contribution >= 0.6 is 11.8 Å². The number of nitrogens with zero attached hydrogens (tertiary/aromatic N) is 3. The molecule has 3 rings (SSSR count). The lowest BCUT2D eigenvalue weighted by Crippen LogP contribution is -2.08. The largest absolute Gasteiger partial charge is 0.441 e. The van der Waals surface area contributed by atoms with E-state index >= 15 is 0 Å². The van der Waals surface area contributed by atoms with E-state index in [2.05, 4.69) is 15.0 Å². The van der Waals surface area contributed by atoms with Crippen molar-refractivity contribution in [1.82, 2.24) is 15.0 Å². The average Bonchev–Trinajstić information content (AvgIpc) is 3.04. The van der Waals surface area contributed by atoms with Crippen molar-refractivity contribution < 1.29 is 17.6 Å². The highest BCUT2D eigenvalue weighted by atomic mass is 32.2. The van der Waals surface area contributed by atoms with Crippen molar-refractivity contribution in [2.24, 2.45) is 0 Å². The van der Waals surface area contributed by atoms with E-state index in [4.69, 9.17) is 4.42 Å². The molecule has 24 heavy (non-hydrogen) atoms. The summed E-state index contributed by atoms with van der Waals surface area (Å²) >= 11 is 1.13. The predicted octanol–water partition coefficient (Wildman–Crippen LogP) is 4.49. The maximum absolute atomic E-state index is 12.6. The minimum absolute atomic E-state index is 0.0830. The van der Waals surface area contributed by atoms with Gasteiger partial charge in [-0.05, 0) is 6.07 Å². The van der Waals surface area contributed by atoms with Crippen molar-refractivity contribution in [3.05, 3.63) is 60.4 Å². The van der Waals surface area contributed by atoms with Gasteiger partial charge in [-0.15, -0.1) is 0 Å². The molecule has 0 N–H and O–H groups in total. The number of alkyl halides is 3. The third-order valence-corrected chi connectivity index (χ3v) is 3.95. The van der Waals surface area contributed by atoms with Crippen LogP contribution in [0.2, 0.25) is 0 Å². The van der Waals surface area contributed by atoms with E-state index in [1.165, 1.54) is 0 Å². The van der Waals surface area contributed by atoms with Crippen LogP contribution in [0.4, 0.5) is 13.2 Å². The first-order chi connectivity index (χ1) is 11.5. The monoisotopic (exact) mass is 351 g/mol. The lowest BCUT2D eigenvalue weighted by molar-refractivity contribution is -0.141. The summed E-state index contributed by atoms with van der Waals surface area (Å²) in [5, 5.41) is 0.0830. The summed E-state index contributed by atoms with van der Waals surface area (Å²) in [6.45, 7) is 0. The van der Waals surface area contributed by atoms with Crippen molar-refractivity contribution in [2.45, 2.75) is 17.8 Å². The second kappa shape index (κ2) is 7.04. The number of hydrogen-bond acceptors (Lipinski definition) is 5. The smallest absolute Gasteiger partial charge is 0.433 e. The number of hydrogen-bond donors (Lipinski definition) is 0. The molecule has 0 aliphatic heterocycles. The van der Waals surface area contributed by atoms with Gasteiger partial charge >= 0.3 is 6.18 Å². The second-order valence-electron chi connectivity index (χ2n) is 4.80. The molecule has 2 heterocycles. The molecule has 0 saturated carbocycles. The molecular weight excluding hydrogens is 339 g/mol. The predicted molar refractivity (Wildman–Crippen MR) is 83.4 cm³/mol. The van der Waals surface area contributed by atoms with Crippen molar-refractivity contribution in [2.75, 3.05) is 5.75 Å². The van der Waals surface area contributed by atoms with E-state index in [1.54, 1.807) is 6.20 Å². The van der Waals surface area contributed by atoms with E-state index in [0.717, 1.165) is 29.6 Å². The van der Waals surface area contributed by atoms with Gasteiger partial charge in [-0.1, -0.05) is 42.1 Å². The first-order valence-corrected chi connectivity index (χ1v) is 8.04. The summed E-state index contributed by atoms with van der Waals surface area (Å²) in [6.07, 6.45) is -1.25. The number of rotatable bonds is 5. The SMILES string of the molecule is FC(F)(F)c1ccnc(SCCc2ncc(-c3ccccc3)o2)n1. The lowest BCUT2D eigenvalue weighted by atomic mass is 10.2. The molecule has 0 atom stereocenters. The molecule has 3 aromatic rings. The highest BCUT2D eigenvalue weighted by molar-refractivity contribution is 7.99. The third kappa shape index (κ3) is 4.14. The Morgan fingerprint density at radius 1 is 1.04 bits per heavy atom. The van der Waals surface area contributed by atoms with E-state index < -0.39 is 11.9 Å². The number of thioether (sulfide) groups is 1. The molecule has 124 valence electrons. The standard InChI is InChI=1S/C16H12F3N3OS/c17-16(18,19)13-6-8-20-15(22-13)24-9-7-14-21-10-12(23-14)11-4-2-1-3-5-11/h1-6,8,10H,7,9H2. The molecule has 8 heteroatoms. The van der Waals surface area contributed by atoms with E-state index in [1.807, 2.05) is 30.3 Å². The van der Waals surface area contributed by atoms with Crippen LogP contribution in [-0.2, 0) is 12.6 Å². The van der Waals surface area contributed by atoms with Crippen molar-refractivity contribution in [3.63, 3.8) is 0 Å². The maximum atomic E-state index is 12.6. The molecule has 0 spiro atoms. The first kappa shape index (κ1) is 16.5. The topological polar surface area (TPSA) is 51.8 Å². The molecule has 2 aromatic heterocycles. The molecular formula is C16H12F3N3OS. The number of aromatic nitrogens is 3. The molecule has 0 unspecified atom stereocenters. The van der Waals surface area contributed by atoms with Crippen LogP contribution in [-0.4, -0.2) is 20.7 Å². The van der Waals surface area contributed by atoms with E-state index in [9.17, 15) is 13.2 Å². The Morgan fingerprint density at radius 2 is 1.83 bits per heavy atom. The molecule has 4 nitrogen and oxygen atoms in total. The molecule has 0 aliphatic rings. The summed E-state index contributed by atoms with van der Waals surface area (Å²) in [5.41, 5.74) is -0.0207. The Hall–Kier alpha value is -2.35. The summed E-state index contributed by atoms with van der Waals surface area (Å²) in [7, 11) is 0. The fourth-order valence-electron chi connectivity index (χ4n) is 1.96. The van der Waals surface area contributed by atoms with Gasteiger partial charge in [0.2, 0.25) is 0 Å². The Morgan fingerprint density at radius 3 is 2.58 bits per heavy atom.